The number of nitrogens with zero attached hydrogens (tertiary/aromatic N) is 1. The van der Waals surface area contributed by atoms with Crippen LogP contribution in [0.4, 0.5) is 0 Å². The number of nitrogens with one attached hydrogen (secondary N) is 1. The first kappa shape index (κ1) is 22.3. The summed E-state index contributed by atoms with van der Waals surface area (Å²) in [6, 6.07) is 12.1. The van der Waals surface area contributed by atoms with Crippen LogP contribution in [0.5, 0.6) is 5.75 Å². The molecule has 7 nitrogen and oxygen atoms in total. The molecular weight excluding hydrogens is 404 g/mol. The molecule has 2 aromatic carbocycles. The van der Waals surface area contributed by atoms with Crippen molar-refractivity contribution in [3.63, 3.8) is 0 Å². The highest BCUT2D eigenvalue weighted by Crippen LogP contribution is 2.21. The molecule has 1 amide bonds. The fourth-order valence-electron chi connectivity index (χ4n) is 3.22. The molecule has 0 bridgehead atoms. The lowest BCUT2D eigenvalue weighted by Gasteiger charge is -2.26. The molecule has 1 aliphatic rings. The normalized spacial score (nSPS) is 16.1. The van der Waals surface area contributed by atoms with Crippen LogP contribution in [0.3, 0.4) is 0 Å². The van der Waals surface area contributed by atoms with Gasteiger partial charge in [-0.05, 0) is 50.1 Å². The number of aryl methyl sites for hydroxylation is 2. The first-order valence-electron chi connectivity index (χ1n) is 9.97. The smallest absolute Gasteiger partial charge is 0.251 e. The fourth-order valence-corrected chi connectivity index (χ4v) is 4.65. The second-order valence-electron chi connectivity index (χ2n) is 7.44. The summed E-state index contributed by atoms with van der Waals surface area (Å²) in [5, 5.41) is 2.89. The number of ether oxygens (including phenoxy) is 2. The van der Waals surface area contributed by atoms with E-state index >= 15 is 0 Å². The Labute approximate surface area is 178 Å². The highest BCUT2D eigenvalue weighted by molar-refractivity contribution is 7.89. The fraction of sp³-hybridized carbons (Fsp3) is 0.409. The third kappa shape index (κ3) is 5.19. The van der Waals surface area contributed by atoms with E-state index in [9.17, 15) is 13.2 Å². The molecular formula is C22H28N2O5S. The van der Waals surface area contributed by atoms with Crippen LogP contribution in [0, 0.1) is 13.8 Å². The van der Waals surface area contributed by atoms with E-state index in [0.29, 0.717) is 44.0 Å². The highest BCUT2D eigenvalue weighted by Gasteiger charge is 2.27. The van der Waals surface area contributed by atoms with Crippen molar-refractivity contribution in [2.75, 3.05) is 32.9 Å². The summed E-state index contributed by atoms with van der Waals surface area (Å²) in [6.45, 7) is 7.27. The number of carbonyl (C=O) groups excluding carboxylic acids is 1. The predicted molar refractivity (Wildman–Crippen MR) is 114 cm³/mol. The summed E-state index contributed by atoms with van der Waals surface area (Å²) in [5.74, 6) is 0.445. The summed E-state index contributed by atoms with van der Waals surface area (Å²) in [6.07, 6.45) is 0. The molecule has 1 atom stereocenters. The average molecular weight is 433 g/mol. The van der Waals surface area contributed by atoms with Crippen LogP contribution in [0.15, 0.2) is 47.4 Å². The van der Waals surface area contributed by atoms with Crippen molar-refractivity contribution in [3.8, 4) is 5.75 Å². The van der Waals surface area contributed by atoms with Gasteiger partial charge in [0, 0.05) is 18.7 Å². The maximum atomic E-state index is 12.9. The summed E-state index contributed by atoms with van der Waals surface area (Å²) >= 11 is 0. The molecule has 1 aliphatic heterocycles. The standard InChI is InChI=1S/C22H28N2O5S/c1-16-8-9-19(30(26,27)24-10-12-28-13-11-24)14-20(16)22(25)23-18(3)15-29-21-7-5-4-6-17(21)2/h4-9,14,18H,10-13,15H2,1-3H3,(H,23,25). The van der Waals surface area contributed by atoms with Gasteiger partial charge in [-0.3, -0.25) is 4.79 Å². The van der Waals surface area contributed by atoms with Gasteiger partial charge in [-0.2, -0.15) is 4.31 Å². The minimum Gasteiger partial charge on any atom is -0.491 e. The Morgan fingerprint density at radius 1 is 1.13 bits per heavy atom. The van der Waals surface area contributed by atoms with E-state index in [0.717, 1.165) is 11.3 Å². The Bertz CT molecular complexity index is 1000. The summed E-state index contributed by atoms with van der Waals surface area (Å²) in [7, 11) is -3.67. The predicted octanol–water partition coefficient (Wildman–Crippen LogP) is 2.52. The van der Waals surface area contributed by atoms with E-state index in [-0.39, 0.29) is 16.8 Å². The van der Waals surface area contributed by atoms with Gasteiger partial charge in [0.2, 0.25) is 10.0 Å². The molecule has 0 aromatic heterocycles. The van der Waals surface area contributed by atoms with Gasteiger partial charge in [-0.25, -0.2) is 8.42 Å². The SMILES string of the molecule is Cc1ccccc1OCC(C)NC(=O)c1cc(S(=O)(=O)N2CCOCC2)ccc1C. The Kier molecular flexibility index (Phi) is 7.12. The zero-order valence-corrected chi connectivity index (χ0v) is 18.4. The lowest BCUT2D eigenvalue weighted by Crippen LogP contribution is -2.41. The van der Waals surface area contributed by atoms with Crippen molar-refractivity contribution < 1.29 is 22.7 Å². The van der Waals surface area contributed by atoms with E-state index in [1.807, 2.05) is 38.1 Å². The molecule has 1 heterocycles. The Hall–Kier alpha value is -2.42. The second kappa shape index (κ2) is 9.59. The molecule has 2 aromatic rings. The van der Waals surface area contributed by atoms with Crippen molar-refractivity contribution in [3.05, 3.63) is 59.2 Å². The summed E-state index contributed by atoms with van der Waals surface area (Å²) < 4.78 is 38.2. The van der Waals surface area contributed by atoms with E-state index in [2.05, 4.69) is 5.32 Å². The van der Waals surface area contributed by atoms with Gasteiger partial charge in [0.15, 0.2) is 0 Å². The van der Waals surface area contributed by atoms with Crippen LogP contribution in [-0.2, 0) is 14.8 Å². The van der Waals surface area contributed by atoms with Crippen LogP contribution in [0.1, 0.15) is 28.4 Å². The Balaban J connectivity index is 1.69. The molecule has 3 rings (SSSR count). The minimum atomic E-state index is -3.67. The lowest BCUT2D eigenvalue weighted by molar-refractivity contribution is 0.0730. The van der Waals surface area contributed by atoms with Gasteiger partial charge in [0.25, 0.3) is 5.91 Å². The Morgan fingerprint density at radius 2 is 1.83 bits per heavy atom. The van der Waals surface area contributed by atoms with Gasteiger partial charge in [-0.15, -0.1) is 0 Å². The Morgan fingerprint density at radius 3 is 2.53 bits per heavy atom. The number of hydrogen-bond acceptors (Lipinski definition) is 5. The topological polar surface area (TPSA) is 84.9 Å². The molecule has 0 spiro atoms. The van der Waals surface area contributed by atoms with E-state index in [4.69, 9.17) is 9.47 Å². The van der Waals surface area contributed by atoms with Gasteiger partial charge in [-0.1, -0.05) is 24.3 Å². The van der Waals surface area contributed by atoms with E-state index < -0.39 is 10.0 Å². The third-order valence-electron chi connectivity index (χ3n) is 5.02. The molecule has 1 saturated heterocycles. The van der Waals surface area contributed by atoms with Crippen molar-refractivity contribution in [2.45, 2.75) is 31.7 Å². The number of hydrogen-bond donors (Lipinski definition) is 1. The molecule has 1 fully saturated rings. The maximum absolute atomic E-state index is 12.9. The second-order valence-corrected chi connectivity index (χ2v) is 9.38. The first-order valence-corrected chi connectivity index (χ1v) is 11.4. The highest BCUT2D eigenvalue weighted by atomic mass is 32.2. The molecule has 1 N–H and O–H groups in total. The molecule has 1 unspecified atom stereocenters. The molecule has 30 heavy (non-hydrogen) atoms. The lowest BCUT2D eigenvalue weighted by atomic mass is 10.1. The number of benzene rings is 2. The van der Waals surface area contributed by atoms with E-state index in [1.54, 1.807) is 19.1 Å². The van der Waals surface area contributed by atoms with Gasteiger partial charge >= 0.3 is 0 Å². The van der Waals surface area contributed by atoms with Crippen molar-refractivity contribution >= 4 is 15.9 Å². The molecule has 8 heteroatoms. The zero-order chi connectivity index (χ0) is 21.7. The third-order valence-corrected chi connectivity index (χ3v) is 6.92. The summed E-state index contributed by atoms with van der Waals surface area (Å²) in [5.41, 5.74) is 2.07. The number of morpholine rings is 1. The van der Waals surface area contributed by atoms with E-state index in [1.165, 1.54) is 10.4 Å². The van der Waals surface area contributed by atoms with Crippen molar-refractivity contribution in [1.29, 1.82) is 0 Å². The van der Waals surface area contributed by atoms with Gasteiger partial charge < -0.3 is 14.8 Å². The van der Waals surface area contributed by atoms with Crippen LogP contribution >= 0.6 is 0 Å². The van der Waals surface area contributed by atoms with Gasteiger partial charge in [0.1, 0.15) is 12.4 Å². The number of amides is 1. The largest absolute Gasteiger partial charge is 0.491 e. The van der Waals surface area contributed by atoms with Crippen LogP contribution < -0.4 is 10.1 Å². The zero-order valence-electron chi connectivity index (χ0n) is 17.6. The van der Waals surface area contributed by atoms with Crippen molar-refractivity contribution in [1.82, 2.24) is 9.62 Å². The molecule has 162 valence electrons. The minimum absolute atomic E-state index is 0.115. The average Bonchev–Trinajstić information content (AvgIpc) is 2.74. The maximum Gasteiger partial charge on any atom is 0.251 e. The van der Waals surface area contributed by atoms with Crippen LogP contribution in [0.2, 0.25) is 0 Å². The molecule has 0 aliphatic carbocycles. The molecule has 0 radical (unpaired) electrons. The van der Waals surface area contributed by atoms with Crippen molar-refractivity contribution in [2.24, 2.45) is 0 Å². The first-order chi connectivity index (χ1) is 14.3. The number of para-hydroxylation sites is 1. The summed E-state index contributed by atoms with van der Waals surface area (Å²) in [4.78, 5) is 12.9. The van der Waals surface area contributed by atoms with Crippen LogP contribution in [-0.4, -0.2) is 57.6 Å². The monoisotopic (exact) mass is 432 g/mol. The van der Waals surface area contributed by atoms with Gasteiger partial charge in [0.05, 0.1) is 24.2 Å². The number of carbonyl (C=O) groups is 1. The molecule has 0 saturated carbocycles. The number of sulfonamides is 1. The quantitative estimate of drug-likeness (QED) is 0.727. The van der Waals surface area contributed by atoms with Crippen LogP contribution in [0.25, 0.3) is 0 Å². The number of rotatable bonds is 7.